The molecule has 1 aromatic carbocycles. The summed E-state index contributed by atoms with van der Waals surface area (Å²) in [7, 11) is 0. The van der Waals surface area contributed by atoms with Crippen LogP contribution in [0.25, 0.3) is 0 Å². The fraction of sp³-hybridized carbons (Fsp3) is 0.833. The standard InChI is InChI=1S/C48H88N2O3/c1-4-7-10-13-16-19-21-23-25-27-29-32-35-40-49-47(51)44-38-39-45(46(43-44)53-42-37-34-31-18-15-12-9-6-3)48(52)50-41-36-33-30-28-26-24-22-20-17-14-11-8-5-2/h38-39,43H,4-37,40-42H2,1-3H3,(H,49,51)(H,50,52). The summed E-state index contributed by atoms with van der Waals surface area (Å²) in [6.07, 6.45) is 44.0. The summed E-state index contributed by atoms with van der Waals surface area (Å²) in [5.41, 5.74) is 1.10. The first kappa shape index (κ1) is 49.0. The Balaban J connectivity index is 2.40. The Morgan fingerprint density at radius 3 is 1.11 bits per heavy atom. The van der Waals surface area contributed by atoms with Crippen LogP contribution in [0.15, 0.2) is 18.2 Å². The van der Waals surface area contributed by atoms with Gasteiger partial charge in [-0.05, 0) is 37.5 Å². The second-order valence-electron chi connectivity index (χ2n) is 16.0. The number of amides is 2. The molecule has 0 aliphatic carbocycles. The van der Waals surface area contributed by atoms with Crippen LogP contribution in [0.1, 0.15) is 260 Å². The normalized spacial score (nSPS) is 11.2. The van der Waals surface area contributed by atoms with Crippen LogP contribution < -0.4 is 15.4 Å². The van der Waals surface area contributed by atoms with E-state index in [0.29, 0.717) is 36.6 Å². The van der Waals surface area contributed by atoms with Gasteiger partial charge in [-0.3, -0.25) is 9.59 Å². The van der Waals surface area contributed by atoms with E-state index < -0.39 is 0 Å². The molecule has 0 spiro atoms. The molecule has 0 aliphatic heterocycles. The first-order valence-corrected chi connectivity index (χ1v) is 23.5. The predicted octanol–water partition coefficient (Wildman–Crippen LogP) is 14.8. The van der Waals surface area contributed by atoms with Crippen LogP contribution in [-0.2, 0) is 0 Å². The Kier molecular flexibility index (Phi) is 35.3. The largest absolute Gasteiger partial charge is 0.493 e. The summed E-state index contributed by atoms with van der Waals surface area (Å²) in [6.45, 7) is 8.74. The quantitative estimate of drug-likeness (QED) is 0.0658. The van der Waals surface area contributed by atoms with Crippen molar-refractivity contribution in [3.05, 3.63) is 29.3 Å². The monoisotopic (exact) mass is 741 g/mol. The molecule has 0 aliphatic rings. The molecule has 0 radical (unpaired) electrons. The molecule has 2 N–H and O–H groups in total. The van der Waals surface area contributed by atoms with Gasteiger partial charge in [0.25, 0.3) is 11.8 Å². The molecule has 5 nitrogen and oxygen atoms in total. The van der Waals surface area contributed by atoms with Gasteiger partial charge in [0.2, 0.25) is 0 Å². The van der Waals surface area contributed by atoms with Crippen LogP contribution in [0.2, 0.25) is 0 Å². The third-order valence-corrected chi connectivity index (χ3v) is 10.9. The molecule has 0 unspecified atom stereocenters. The fourth-order valence-electron chi connectivity index (χ4n) is 7.28. The highest BCUT2D eigenvalue weighted by atomic mass is 16.5. The summed E-state index contributed by atoms with van der Waals surface area (Å²) in [6, 6.07) is 5.34. The SMILES string of the molecule is CCCCCCCCCCCCCCCNC(=O)c1ccc(C(=O)NCCCCCCCCCCCCCCC)c(OCCCCCCCCCC)c1. The average molecular weight is 741 g/mol. The number of carbonyl (C=O) groups excluding carboxylic acids is 2. The smallest absolute Gasteiger partial charge is 0.255 e. The molecule has 1 rings (SSSR count). The minimum atomic E-state index is -0.103. The lowest BCUT2D eigenvalue weighted by Gasteiger charge is -2.14. The predicted molar refractivity (Wildman–Crippen MR) is 231 cm³/mol. The van der Waals surface area contributed by atoms with Gasteiger partial charge < -0.3 is 15.4 Å². The molecule has 0 saturated carbocycles. The number of hydrogen-bond acceptors (Lipinski definition) is 3. The Bertz CT molecular complexity index is 964. The number of unbranched alkanes of at least 4 members (excludes halogenated alkanes) is 31. The van der Waals surface area contributed by atoms with Gasteiger partial charge in [0.1, 0.15) is 5.75 Å². The van der Waals surface area contributed by atoms with Gasteiger partial charge >= 0.3 is 0 Å². The fourth-order valence-corrected chi connectivity index (χ4v) is 7.28. The van der Waals surface area contributed by atoms with Crippen LogP contribution in [0.4, 0.5) is 0 Å². The van der Waals surface area contributed by atoms with Gasteiger partial charge in [-0.15, -0.1) is 0 Å². The third-order valence-electron chi connectivity index (χ3n) is 10.9. The van der Waals surface area contributed by atoms with Crippen molar-refractivity contribution in [2.24, 2.45) is 0 Å². The maximum atomic E-state index is 13.3. The van der Waals surface area contributed by atoms with E-state index in [4.69, 9.17) is 4.74 Å². The topological polar surface area (TPSA) is 67.4 Å². The molecule has 0 atom stereocenters. The van der Waals surface area contributed by atoms with E-state index in [1.54, 1.807) is 18.2 Å². The van der Waals surface area contributed by atoms with Crippen molar-refractivity contribution < 1.29 is 14.3 Å². The van der Waals surface area contributed by atoms with E-state index in [0.717, 1.165) is 38.5 Å². The average Bonchev–Trinajstić information content (AvgIpc) is 3.17. The molecule has 1 aromatic rings. The molecular weight excluding hydrogens is 653 g/mol. The number of hydrogen-bond donors (Lipinski definition) is 2. The second kappa shape index (κ2) is 38.2. The van der Waals surface area contributed by atoms with Crippen molar-refractivity contribution in [1.82, 2.24) is 10.6 Å². The molecule has 53 heavy (non-hydrogen) atoms. The van der Waals surface area contributed by atoms with Gasteiger partial charge in [0.05, 0.1) is 12.2 Å². The van der Waals surface area contributed by atoms with Crippen molar-refractivity contribution in [3.63, 3.8) is 0 Å². The van der Waals surface area contributed by atoms with Crippen LogP contribution >= 0.6 is 0 Å². The Morgan fingerprint density at radius 2 is 0.736 bits per heavy atom. The van der Waals surface area contributed by atoms with E-state index in [1.165, 1.54) is 180 Å². The number of nitrogens with one attached hydrogen (secondary N) is 2. The number of carbonyl (C=O) groups is 2. The lowest BCUT2D eigenvalue weighted by molar-refractivity contribution is 0.0937. The number of benzene rings is 1. The maximum absolute atomic E-state index is 13.3. The molecular formula is C48H88N2O3. The summed E-state index contributed by atoms with van der Waals surface area (Å²) in [5.74, 6) is 0.345. The molecule has 0 fully saturated rings. The zero-order valence-electron chi connectivity index (χ0n) is 35.6. The van der Waals surface area contributed by atoms with Crippen molar-refractivity contribution in [3.8, 4) is 5.75 Å². The zero-order valence-corrected chi connectivity index (χ0v) is 35.6. The van der Waals surface area contributed by atoms with Gasteiger partial charge in [-0.2, -0.15) is 0 Å². The van der Waals surface area contributed by atoms with Crippen molar-refractivity contribution in [2.45, 2.75) is 239 Å². The van der Waals surface area contributed by atoms with Crippen LogP contribution in [-0.4, -0.2) is 31.5 Å². The summed E-state index contributed by atoms with van der Waals surface area (Å²) < 4.78 is 6.20. The van der Waals surface area contributed by atoms with E-state index in [-0.39, 0.29) is 11.8 Å². The first-order chi connectivity index (χ1) is 26.1. The molecule has 5 heteroatoms. The Morgan fingerprint density at radius 1 is 0.415 bits per heavy atom. The number of ether oxygens (including phenoxy) is 1. The minimum absolute atomic E-state index is 0.0835. The van der Waals surface area contributed by atoms with E-state index in [1.807, 2.05) is 0 Å². The van der Waals surface area contributed by atoms with Crippen LogP contribution in [0.5, 0.6) is 5.75 Å². The van der Waals surface area contributed by atoms with E-state index in [9.17, 15) is 9.59 Å². The lowest BCUT2D eigenvalue weighted by atomic mass is 10.0. The first-order valence-electron chi connectivity index (χ1n) is 23.5. The third kappa shape index (κ3) is 29.9. The van der Waals surface area contributed by atoms with Crippen molar-refractivity contribution in [1.29, 1.82) is 0 Å². The lowest BCUT2D eigenvalue weighted by Crippen LogP contribution is -2.26. The Hall–Kier alpha value is -2.04. The summed E-state index contributed by atoms with van der Waals surface area (Å²) in [4.78, 5) is 26.3. The van der Waals surface area contributed by atoms with Crippen LogP contribution in [0.3, 0.4) is 0 Å². The second-order valence-corrected chi connectivity index (χ2v) is 16.0. The highest BCUT2D eigenvalue weighted by molar-refractivity contribution is 6.00. The summed E-state index contributed by atoms with van der Waals surface area (Å²) in [5, 5.41) is 6.23. The van der Waals surface area contributed by atoms with E-state index >= 15 is 0 Å². The van der Waals surface area contributed by atoms with E-state index in [2.05, 4.69) is 31.4 Å². The summed E-state index contributed by atoms with van der Waals surface area (Å²) >= 11 is 0. The van der Waals surface area contributed by atoms with Gasteiger partial charge in [0.15, 0.2) is 0 Å². The highest BCUT2D eigenvalue weighted by Crippen LogP contribution is 2.22. The molecule has 308 valence electrons. The molecule has 0 aromatic heterocycles. The maximum Gasteiger partial charge on any atom is 0.255 e. The minimum Gasteiger partial charge on any atom is -0.493 e. The molecule has 0 bridgehead atoms. The van der Waals surface area contributed by atoms with Gasteiger partial charge in [-0.25, -0.2) is 0 Å². The van der Waals surface area contributed by atoms with Gasteiger partial charge in [-0.1, -0.05) is 220 Å². The molecule has 0 heterocycles. The highest BCUT2D eigenvalue weighted by Gasteiger charge is 2.16. The van der Waals surface area contributed by atoms with Crippen LogP contribution in [0, 0.1) is 0 Å². The van der Waals surface area contributed by atoms with Gasteiger partial charge in [0, 0.05) is 18.7 Å². The molecule has 2 amide bonds. The Labute approximate surface area is 329 Å². The van der Waals surface area contributed by atoms with Crippen molar-refractivity contribution >= 4 is 11.8 Å². The van der Waals surface area contributed by atoms with Crippen molar-refractivity contribution in [2.75, 3.05) is 19.7 Å². The number of rotatable bonds is 40. The molecule has 0 saturated heterocycles. The zero-order chi connectivity index (χ0) is 38.3.